The van der Waals surface area contributed by atoms with Crippen molar-refractivity contribution in [2.24, 2.45) is 0 Å². The van der Waals surface area contributed by atoms with E-state index in [1.165, 1.54) is 28.0 Å². The number of anilines is 1. The Balaban J connectivity index is 1.32. The lowest BCUT2D eigenvalue weighted by Gasteiger charge is -2.23. The number of para-hydroxylation sites is 1. The van der Waals surface area contributed by atoms with Crippen LogP contribution in [0.25, 0.3) is 11.4 Å². The maximum atomic E-state index is 13.8. The van der Waals surface area contributed by atoms with Gasteiger partial charge in [0.15, 0.2) is 10.1 Å². The molecule has 0 aliphatic carbocycles. The molecule has 1 N–H and O–H groups in total. The fraction of sp³-hybridized carbons (Fsp3) is 0.0882. The lowest BCUT2D eigenvalue weighted by Crippen LogP contribution is -2.29. The summed E-state index contributed by atoms with van der Waals surface area (Å²) >= 11 is 8.67. The first-order valence-corrected chi connectivity index (χ1v) is 16.3. The average Bonchev–Trinajstić information content (AvgIpc) is 3.74. The number of imidazole rings is 1. The highest BCUT2D eigenvalue weighted by Crippen LogP contribution is 2.45. The van der Waals surface area contributed by atoms with Crippen LogP contribution in [0, 0.1) is 6.92 Å². The van der Waals surface area contributed by atoms with Crippen molar-refractivity contribution in [1.29, 1.82) is 0 Å². The number of benzene rings is 3. The van der Waals surface area contributed by atoms with Gasteiger partial charge in [0.05, 0.1) is 17.3 Å². The van der Waals surface area contributed by atoms with Crippen molar-refractivity contribution in [2.75, 3.05) is 4.90 Å². The molecule has 3 aromatic carbocycles. The summed E-state index contributed by atoms with van der Waals surface area (Å²) in [6.07, 6.45) is 1.75. The number of carbonyl (C=O) groups is 2. The summed E-state index contributed by atoms with van der Waals surface area (Å²) in [7, 11) is 0. The van der Waals surface area contributed by atoms with Crippen molar-refractivity contribution in [2.45, 2.75) is 23.1 Å². The van der Waals surface area contributed by atoms with Crippen LogP contribution in [0.3, 0.4) is 0 Å². The molecule has 1 unspecified atom stereocenters. The highest BCUT2D eigenvalue weighted by atomic mass is 35.5. The molecule has 1 amide bonds. The standard InChI is InChI=1S/C34H24ClN5O4S2/c1-20-28(39-17-6-5-12-26(39)36-20)30(41)27-29(22-8-7-11-25(18-22)44-24-9-3-2-4-10-24)40(32(43)31(27)42)33-37-38-34(46-33)45-19-21-13-15-23(35)16-14-21/h2-18,29,41H,19H2,1H3. The van der Waals surface area contributed by atoms with Gasteiger partial charge in [-0.1, -0.05) is 83.2 Å². The van der Waals surface area contributed by atoms with Crippen molar-refractivity contribution >= 4 is 62.9 Å². The number of ketones is 1. The predicted octanol–water partition coefficient (Wildman–Crippen LogP) is 7.86. The maximum absolute atomic E-state index is 13.8. The van der Waals surface area contributed by atoms with Gasteiger partial charge in [-0.05, 0) is 66.6 Å². The number of hydrogen-bond donors (Lipinski definition) is 1. The molecule has 1 aliphatic rings. The van der Waals surface area contributed by atoms with Crippen molar-refractivity contribution < 1.29 is 19.4 Å². The largest absolute Gasteiger partial charge is 0.505 e. The number of nitrogens with zero attached hydrogens (tertiary/aromatic N) is 5. The van der Waals surface area contributed by atoms with Gasteiger partial charge in [0.1, 0.15) is 22.8 Å². The zero-order valence-corrected chi connectivity index (χ0v) is 26.6. The van der Waals surface area contributed by atoms with Gasteiger partial charge in [-0.2, -0.15) is 0 Å². The number of aromatic nitrogens is 4. The van der Waals surface area contributed by atoms with Gasteiger partial charge < -0.3 is 9.84 Å². The second-order valence-corrected chi connectivity index (χ2v) is 13.0. The van der Waals surface area contributed by atoms with E-state index in [1.807, 2.05) is 60.7 Å². The molecule has 228 valence electrons. The molecule has 46 heavy (non-hydrogen) atoms. The first-order valence-electron chi connectivity index (χ1n) is 14.2. The van der Waals surface area contributed by atoms with E-state index in [0.717, 1.165) is 5.56 Å². The number of halogens is 1. The lowest BCUT2D eigenvalue weighted by molar-refractivity contribution is -0.132. The molecular weight excluding hydrogens is 642 g/mol. The van der Waals surface area contributed by atoms with Crippen molar-refractivity contribution in [3.63, 3.8) is 0 Å². The minimum absolute atomic E-state index is 0.0822. The minimum Gasteiger partial charge on any atom is -0.505 e. The smallest absolute Gasteiger partial charge is 0.301 e. The maximum Gasteiger partial charge on any atom is 0.301 e. The summed E-state index contributed by atoms with van der Waals surface area (Å²) in [5.74, 6) is -0.261. The van der Waals surface area contributed by atoms with Crippen LogP contribution in [0.5, 0.6) is 11.5 Å². The number of ether oxygens (including phenoxy) is 1. The van der Waals surface area contributed by atoms with E-state index in [-0.39, 0.29) is 16.5 Å². The quantitative estimate of drug-likeness (QED) is 0.0575. The Morgan fingerprint density at radius 3 is 2.52 bits per heavy atom. The first-order chi connectivity index (χ1) is 22.4. The van der Waals surface area contributed by atoms with Gasteiger partial charge in [0, 0.05) is 17.0 Å². The second kappa shape index (κ2) is 12.4. The third-order valence-electron chi connectivity index (χ3n) is 7.40. The van der Waals surface area contributed by atoms with Gasteiger partial charge in [0.25, 0.3) is 5.78 Å². The Hall–Kier alpha value is -4.97. The fourth-order valence-corrected chi connectivity index (χ4v) is 7.28. The third kappa shape index (κ3) is 5.64. The molecule has 9 nitrogen and oxygen atoms in total. The molecule has 0 spiro atoms. The van der Waals surface area contributed by atoms with E-state index >= 15 is 0 Å². The monoisotopic (exact) mass is 665 g/mol. The van der Waals surface area contributed by atoms with E-state index in [2.05, 4.69) is 15.2 Å². The van der Waals surface area contributed by atoms with Crippen molar-refractivity contribution in [3.05, 3.63) is 136 Å². The summed E-state index contributed by atoms with van der Waals surface area (Å²) in [6.45, 7) is 1.75. The molecule has 0 bridgehead atoms. The van der Waals surface area contributed by atoms with E-state index in [4.69, 9.17) is 16.3 Å². The molecule has 12 heteroatoms. The highest BCUT2D eigenvalue weighted by Gasteiger charge is 2.49. The topological polar surface area (TPSA) is 110 Å². The van der Waals surface area contributed by atoms with Gasteiger partial charge in [-0.25, -0.2) is 4.98 Å². The number of fused-ring (bicyclic) bond motifs is 1. The number of Topliss-reactive ketones (excluding diaryl/α,β-unsaturated/α-hetero) is 1. The van der Waals surface area contributed by atoms with Crippen molar-refractivity contribution in [3.8, 4) is 11.5 Å². The van der Waals surface area contributed by atoms with Crippen LogP contribution in [-0.2, 0) is 15.3 Å². The number of pyridine rings is 1. The predicted molar refractivity (Wildman–Crippen MR) is 179 cm³/mol. The molecule has 0 radical (unpaired) electrons. The van der Waals surface area contributed by atoms with Crippen LogP contribution >= 0.6 is 34.7 Å². The molecule has 1 aliphatic heterocycles. The van der Waals surface area contributed by atoms with Crippen LogP contribution < -0.4 is 9.64 Å². The molecule has 7 rings (SSSR count). The second-order valence-electron chi connectivity index (χ2n) is 10.4. The number of hydrogen-bond acceptors (Lipinski definition) is 9. The van der Waals surface area contributed by atoms with E-state index in [1.54, 1.807) is 53.9 Å². The molecule has 3 aromatic heterocycles. The van der Waals surface area contributed by atoms with Crippen LogP contribution in [0.2, 0.25) is 5.02 Å². The van der Waals surface area contributed by atoms with E-state index in [0.29, 0.717) is 49.2 Å². The Morgan fingerprint density at radius 1 is 0.957 bits per heavy atom. The van der Waals surface area contributed by atoms with Gasteiger partial charge >= 0.3 is 5.91 Å². The van der Waals surface area contributed by atoms with Gasteiger partial charge in [0.2, 0.25) is 5.13 Å². The Bertz CT molecular complexity index is 2130. The number of aliphatic hydroxyl groups is 1. The zero-order chi connectivity index (χ0) is 31.8. The molecular formula is C34H24ClN5O4S2. The number of carbonyl (C=O) groups excluding carboxylic acids is 2. The molecule has 1 saturated heterocycles. The molecule has 0 saturated carbocycles. The van der Waals surface area contributed by atoms with Crippen LogP contribution in [-0.4, -0.2) is 36.4 Å². The normalized spacial score (nSPS) is 16.0. The van der Waals surface area contributed by atoms with Crippen LogP contribution in [0.15, 0.2) is 113 Å². The number of aryl methyl sites for hydroxylation is 1. The summed E-state index contributed by atoms with van der Waals surface area (Å²) in [5.41, 5.74) is 2.94. The van der Waals surface area contributed by atoms with E-state index < -0.39 is 17.7 Å². The van der Waals surface area contributed by atoms with Crippen molar-refractivity contribution in [1.82, 2.24) is 19.6 Å². The summed E-state index contributed by atoms with van der Waals surface area (Å²) in [4.78, 5) is 33.5. The Labute approximate surface area is 276 Å². The lowest BCUT2D eigenvalue weighted by atomic mass is 9.96. The number of thioether (sulfide) groups is 1. The Kier molecular flexibility index (Phi) is 8.03. The summed E-state index contributed by atoms with van der Waals surface area (Å²) in [6, 6.07) is 28.3. The van der Waals surface area contributed by atoms with Gasteiger partial charge in [-0.15, -0.1) is 10.2 Å². The molecule has 6 aromatic rings. The number of amides is 1. The number of aliphatic hydroxyl groups excluding tert-OH is 1. The zero-order valence-electron chi connectivity index (χ0n) is 24.2. The highest BCUT2D eigenvalue weighted by molar-refractivity contribution is 8.00. The molecule has 1 atom stereocenters. The molecule has 4 heterocycles. The SMILES string of the molecule is Cc1nc2ccccn2c1C(O)=C1C(=O)C(=O)N(c2nnc(SCc3ccc(Cl)cc3)s2)C1c1cccc(Oc2ccccc2)c1. The molecule has 1 fully saturated rings. The minimum atomic E-state index is -1.02. The summed E-state index contributed by atoms with van der Waals surface area (Å²) < 4.78 is 8.40. The van der Waals surface area contributed by atoms with Gasteiger partial charge in [-0.3, -0.25) is 18.9 Å². The summed E-state index contributed by atoms with van der Waals surface area (Å²) in [5, 5.41) is 21.4. The van der Waals surface area contributed by atoms with Crippen LogP contribution in [0.1, 0.15) is 28.6 Å². The first kappa shape index (κ1) is 29.7. The van der Waals surface area contributed by atoms with Crippen LogP contribution in [0.4, 0.5) is 5.13 Å². The number of rotatable bonds is 8. The Morgan fingerprint density at radius 2 is 1.72 bits per heavy atom. The average molecular weight is 666 g/mol. The fourth-order valence-electron chi connectivity index (χ4n) is 5.33. The third-order valence-corrected chi connectivity index (χ3v) is 9.78. The van der Waals surface area contributed by atoms with E-state index in [9.17, 15) is 14.7 Å².